The Balaban J connectivity index is 1.92. The highest BCUT2D eigenvalue weighted by Crippen LogP contribution is 2.31. The molecule has 0 bridgehead atoms. The summed E-state index contributed by atoms with van der Waals surface area (Å²) < 4.78 is 23.3. The fraction of sp³-hybridized carbons (Fsp3) is 0.538. The zero-order valence-corrected chi connectivity index (χ0v) is 12.0. The first-order valence-corrected chi connectivity index (χ1v) is 8.31. The lowest BCUT2D eigenvalue weighted by Gasteiger charge is -2.31. The summed E-state index contributed by atoms with van der Waals surface area (Å²) in [5.41, 5.74) is 0.961. The van der Waals surface area contributed by atoms with Gasteiger partial charge in [0, 0.05) is 17.6 Å². The molecule has 18 heavy (non-hydrogen) atoms. The number of anilines is 1. The van der Waals surface area contributed by atoms with Crippen LogP contribution in [-0.2, 0) is 9.84 Å². The molecule has 5 heteroatoms. The predicted octanol–water partition coefficient (Wildman–Crippen LogP) is 2.91. The molecule has 0 amide bonds. The molecule has 0 unspecified atom stereocenters. The van der Waals surface area contributed by atoms with E-state index in [0.717, 1.165) is 25.1 Å². The summed E-state index contributed by atoms with van der Waals surface area (Å²) >= 11 is 5.92. The van der Waals surface area contributed by atoms with Gasteiger partial charge in [-0.15, -0.1) is 11.6 Å². The van der Waals surface area contributed by atoms with Gasteiger partial charge in [0.2, 0.25) is 0 Å². The highest BCUT2D eigenvalue weighted by molar-refractivity contribution is 7.91. The third kappa shape index (κ3) is 3.18. The number of benzene rings is 1. The maximum Gasteiger partial charge on any atom is 0.178 e. The van der Waals surface area contributed by atoms with Crippen molar-refractivity contribution in [1.82, 2.24) is 0 Å². The Morgan fingerprint density at radius 2 is 1.89 bits per heavy atom. The van der Waals surface area contributed by atoms with Crippen molar-refractivity contribution < 1.29 is 8.42 Å². The van der Waals surface area contributed by atoms with E-state index in [1.165, 1.54) is 0 Å². The standard InChI is InChI=1S/C13H18ClNO2S/c1-2-18(16,17)13-5-3-12(4-6-13)15-9-10-7-11(14)8-10/h3-6,10-11,15H,2,7-9H2,1H3. The van der Waals surface area contributed by atoms with E-state index in [1.54, 1.807) is 19.1 Å². The average molecular weight is 288 g/mol. The predicted molar refractivity (Wildman–Crippen MR) is 75.0 cm³/mol. The molecular formula is C13H18ClNO2S. The zero-order chi connectivity index (χ0) is 13.2. The Kier molecular flexibility index (Phi) is 4.17. The molecule has 1 aromatic carbocycles. The molecule has 1 aromatic rings. The molecular weight excluding hydrogens is 270 g/mol. The molecule has 0 atom stereocenters. The van der Waals surface area contributed by atoms with Gasteiger partial charge in [-0.3, -0.25) is 0 Å². The van der Waals surface area contributed by atoms with E-state index >= 15 is 0 Å². The summed E-state index contributed by atoms with van der Waals surface area (Å²) in [6.45, 7) is 2.56. The number of hydrogen-bond acceptors (Lipinski definition) is 3. The molecule has 1 aliphatic carbocycles. The monoisotopic (exact) mass is 287 g/mol. The van der Waals surface area contributed by atoms with Gasteiger partial charge in [-0.25, -0.2) is 8.42 Å². The van der Waals surface area contributed by atoms with Crippen LogP contribution >= 0.6 is 11.6 Å². The minimum atomic E-state index is -3.09. The van der Waals surface area contributed by atoms with E-state index in [-0.39, 0.29) is 5.75 Å². The number of sulfone groups is 1. The summed E-state index contributed by atoms with van der Waals surface area (Å²) in [7, 11) is -3.09. The molecule has 1 aliphatic rings. The third-order valence-electron chi connectivity index (χ3n) is 3.37. The SMILES string of the molecule is CCS(=O)(=O)c1ccc(NCC2CC(Cl)C2)cc1. The molecule has 1 fully saturated rings. The first kappa shape index (κ1) is 13.7. The highest BCUT2D eigenvalue weighted by atomic mass is 35.5. The lowest BCUT2D eigenvalue weighted by Crippen LogP contribution is -2.29. The van der Waals surface area contributed by atoms with Crippen LogP contribution in [-0.4, -0.2) is 26.1 Å². The molecule has 0 saturated heterocycles. The molecule has 0 spiro atoms. The van der Waals surface area contributed by atoms with Crippen LogP contribution in [0.1, 0.15) is 19.8 Å². The molecule has 100 valence electrons. The van der Waals surface area contributed by atoms with E-state index < -0.39 is 9.84 Å². The van der Waals surface area contributed by atoms with Crippen molar-refractivity contribution in [2.45, 2.75) is 30.0 Å². The van der Waals surface area contributed by atoms with Crippen molar-refractivity contribution in [3.63, 3.8) is 0 Å². The average Bonchev–Trinajstić information content (AvgIpc) is 2.34. The summed E-state index contributed by atoms with van der Waals surface area (Å²) in [5.74, 6) is 0.783. The second-order valence-corrected chi connectivity index (χ2v) is 7.64. The molecule has 3 nitrogen and oxygen atoms in total. The van der Waals surface area contributed by atoms with Crippen LogP contribution < -0.4 is 5.32 Å². The van der Waals surface area contributed by atoms with Crippen LogP contribution in [0.3, 0.4) is 0 Å². The van der Waals surface area contributed by atoms with Crippen molar-refractivity contribution in [1.29, 1.82) is 0 Å². The van der Waals surface area contributed by atoms with Crippen molar-refractivity contribution in [3.8, 4) is 0 Å². The third-order valence-corrected chi connectivity index (χ3v) is 5.47. The van der Waals surface area contributed by atoms with E-state index in [1.807, 2.05) is 12.1 Å². The van der Waals surface area contributed by atoms with Crippen molar-refractivity contribution in [3.05, 3.63) is 24.3 Å². The lowest BCUT2D eigenvalue weighted by molar-refractivity contribution is 0.341. The van der Waals surface area contributed by atoms with Crippen LogP contribution in [0.5, 0.6) is 0 Å². The second-order valence-electron chi connectivity index (χ2n) is 4.74. The number of rotatable bonds is 5. The van der Waals surface area contributed by atoms with Gasteiger partial charge in [0.15, 0.2) is 9.84 Å². The van der Waals surface area contributed by atoms with Gasteiger partial charge in [0.1, 0.15) is 0 Å². The second kappa shape index (κ2) is 5.49. The van der Waals surface area contributed by atoms with Gasteiger partial charge in [-0.2, -0.15) is 0 Å². The van der Waals surface area contributed by atoms with E-state index in [9.17, 15) is 8.42 Å². The number of hydrogen-bond donors (Lipinski definition) is 1. The van der Waals surface area contributed by atoms with E-state index in [2.05, 4.69) is 5.32 Å². The molecule has 0 aliphatic heterocycles. The summed E-state index contributed by atoms with van der Waals surface area (Å²) in [4.78, 5) is 0.389. The molecule has 2 rings (SSSR count). The maximum absolute atomic E-state index is 11.6. The minimum Gasteiger partial charge on any atom is -0.385 e. The van der Waals surface area contributed by atoms with Crippen molar-refractivity contribution in [2.24, 2.45) is 5.92 Å². The fourth-order valence-corrected chi connectivity index (χ4v) is 3.42. The Morgan fingerprint density at radius 1 is 1.28 bits per heavy atom. The molecule has 0 heterocycles. The Labute approximate surface area is 113 Å². The normalized spacial score (nSPS) is 23.4. The van der Waals surface area contributed by atoms with Gasteiger partial charge in [0.05, 0.1) is 10.6 Å². The first-order valence-electron chi connectivity index (χ1n) is 6.22. The molecule has 0 radical (unpaired) electrons. The van der Waals surface area contributed by atoms with Crippen molar-refractivity contribution in [2.75, 3.05) is 17.6 Å². The van der Waals surface area contributed by atoms with Crippen LogP contribution in [0.15, 0.2) is 29.2 Å². The smallest absolute Gasteiger partial charge is 0.178 e. The largest absolute Gasteiger partial charge is 0.385 e. The summed E-state index contributed by atoms with van der Waals surface area (Å²) in [6, 6.07) is 6.96. The van der Waals surface area contributed by atoms with Gasteiger partial charge < -0.3 is 5.32 Å². The Morgan fingerprint density at radius 3 is 2.39 bits per heavy atom. The Hall–Kier alpha value is -0.740. The lowest BCUT2D eigenvalue weighted by atomic mass is 9.85. The maximum atomic E-state index is 11.6. The number of alkyl halides is 1. The molecule has 1 N–H and O–H groups in total. The van der Waals surface area contributed by atoms with Gasteiger partial charge in [-0.05, 0) is 43.0 Å². The van der Waals surface area contributed by atoms with E-state index in [0.29, 0.717) is 16.2 Å². The van der Waals surface area contributed by atoms with Crippen LogP contribution in [0.2, 0.25) is 0 Å². The first-order chi connectivity index (χ1) is 8.51. The topological polar surface area (TPSA) is 46.2 Å². The zero-order valence-electron chi connectivity index (χ0n) is 10.4. The summed E-state index contributed by atoms with van der Waals surface area (Å²) in [5, 5.41) is 3.65. The van der Waals surface area contributed by atoms with Crippen LogP contribution in [0, 0.1) is 5.92 Å². The van der Waals surface area contributed by atoms with Gasteiger partial charge in [0.25, 0.3) is 0 Å². The van der Waals surface area contributed by atoms with Crippen LogP contribution in [0.4, 0.5) is 5.69 Å². The molecule has 1 saturated carbocycles. The van der Waals surface area contributed by atoms with E-state index in [4.69, 9.17) is 11.6 Å². The fourth-order valence-electron chi connectivity index (χ4n) is 2.03. The highest BCUT2D eigenvalue weighted by Gasteiger charge is 2.26. The van der Waals surface area contributed by atoms with Gasteiger partial charge in [-0.1, -0.05) is 6.92 Å². The minimum absolute atomic E-state index is 0.138. The van der Waals surface area contributed by atoms with Crippen LogP contribution in [0.25, 0.3) is 0 Å². The van der Waals surface area contributed by atoms with Gasteiger partial charge >= 0.3 is 0 Å². The number of nitrogens with one attached hydrogen (secondary N) is 1. The quantitative estimate of drug-likeness (QED) is 0.847. The van der Waals surface area contributed by atoms with Crippen molar-refractivity contribution >= 4 is 27.1 Å². The Bertz CT molecular complexity index is 492. The molecule has 0 aromatic heterocycles. The summed E-state index contributed by atoms with van der Waals surface area (Å²) in [6.07, 6.45) is 2.13. The number of halogens is 1.